The van der Waals surface area contributed by atoms with Crippen molar-refractivity contribution in [2.45, 2.75) is 20.4 Å². The number of amides is 2. The molecular weight excluding hydrogens is 318 g/mol. The zero-order chi connectivity index (χ0) is 17.2. The van der Waals surface area contributed by atoms with Crippen molar-refractivity contribution >= 4 is 16.1 Å². The van der Waals surface area contributed by atoms with Gasteiger partial charge in [0.15, 0.2) is 0 Å². The maximum atomic E-state index is 12.2. The first-order valence-electron chi connectivity index (χ1n) is 7.45. The Morgan fingerprint density at radius 1 is 1.17 bits per heavy atom. The third-order valence-corrected chi connectivity index (χ3v) is 5.29. The number of piperazine rings is 1. The van der Waals surface area contributed by atoms with Crippen LogP contribution in [0.2, 0.25) is 0 Å². The van der Waals surface area contributed by atoms with Gasteiger partial charge in [0.25, 0.3) is 0 Å². The molecule has 23 heavy (non-hydrogen) atoms. The van der Waals surface area contributed by atoms with Crippen LogP contribution in [-0.4, -0.2) is 61.2 Å². The van der Waals surface area contributed by atoms with Crippen molar-refractivity contribution in [1.82, 2.24) is 14.5 Å². The fourth-order valence-corrected chi connectivity index (χ4v) is 3.49. The molecule has 8 heteroatoms. The zero-order valence-corrected chi connectivity index (χ0v) is 14.5. The van der Waals surface area contributed by atoms with Crippen molar-refractivity contribution in [3.8, 4) is 5.75 Å². The van der Waals surface area contributed by atoms with Crippen LogP contribution in [0.5, 0.6) is 5.75 Å². The van der Waals surface area contributed by atoms with Gasteiger partial charge in [0, 0.05) is 32.7 Å². The fraction of sp³-hybridized carbons (Fsp3) is 0.533. The lowest BCUT2D eigenvalue weighted by Gasteiger charge is -2.33. The highest BCUT2D eigenvalue weighted by molar-refractivity contribution is 7.88. The molecule has 1 aromatic rings. The highest BCUT2D eigenvalue weighted by atomic mass is 32.2. The Hall–Kier alpha value is -1.80. The van der Waals surface area contributed by atoms with Crippen LogP contribution >= 0.6 is 0 Å². The summed E-state index contributed by atoms with van der Waals surface area (Å²) in [4.78, 5) is 13.8. The number of aryl methyl sites for hydroxylation is 2. The number of urea groups is 1. The minimum atomic E-state index is -3.19. The van der Waals surface area contributed by atoms with Crippen molar-refractivity contribution in [3.63, 3.8) is 0 Å². The Morgan fingerprint density at radius 3 is 2.17 bits per heavy atom. The fourth-order valence-electron chi connectivity index (χ4n) is 2.66. The lowest BCUT2D eigenvalue weighted by molar-refractivity contribution is 0.172. The Bertz CT molecular complexity index is 672. The van der Waals surface area contributed by atoms with Crippen molar-refractivity contribution in [2.24, 2.45) is 0 Å². The highest BCUT2D eigenvalue weighted by Gasteiger charge is 2.25. The van der Waals surface area contributed by atoms with Gasteiger partial charge in [-0.15, -0.1) is 0 Å². The van der Waals surface area contributed by atoms with Crippen LogP contribution in [0.25, 0.3) is 0 Å². The SMILES string of the molecule is Cc1cc(CNC(=O)N2CCN(S(C)(=O)=O)CC2)cc(C)c1O. The van der Waals surface area contributed by atoms with Crippen LogP contribution in [0, 0.1) is 13.8 Å². The van der Waals surface area contributed by atoms with E-state index in [4.69, 9.17) is 0 Å². The van der Waals surface area contributed by atoms with Crippen LogP contribution in [0.4, 0.5) is 4.79 Å². The van der Waals surface area contributed by atoms with Gasteiger partial charge >= 0.3 is 6.03 Å². The maximum absolute atomic E-state index is 12.2. The molecule has 0 bridgehead atoms. The van der Waals surface area contributed by atoms with Crippen molar-refractivity contribution in [1.29, 1.82) is 0 Å². The van der Waals surface area contributed by atoms with Gasteiger partial charge in [-0.3, -0.25) is 0 Å². The largest absolute Gasteiger partial charge is 0.507 e. The molecular formula is C15H23N3O4S. The Kier molecular flexibility index (Phi) is 5.16. The molecule has 2 rings (SSSR count). The molecule has 1 aliphatic heterocycles. The number of nitrogens with one attached hydrogen (secondary N) is 1. The van der Waals surface area contributed by atoms with E-state index < -0.39 is 10.0 Å². The van der Waals surface area contributed by atoms with E-state index in [0.29, 0.717) is 32.7 Å². The van der Waals surface area contributed by atoms with Gasteiger partial charge in [0.05, 0.1) is 6.26 Å². The number of nitrogens with zero attached hydrogens (tertiary/aromatic N) is 2. The highest BCUT2D eigenvalue weighted by Crippen LogP contribution is 2.22. The first-order chi connectivity index (χ1) is 10.7. The number of carbonyl (C=O) groups is 1. The first kappa shape index (κ1) is 17.6. The quantitative estimate of drug-likeness (QED) is 0.851. The molecule has 1 aromatic carbocycles. The lowest BCUT2D eigenvalue weighted by Crippen LogP contribution is -2.52. The standard InChI is InChI=1S/C15H23N3O4S/c1-11-8-13(9-12(2)14(11)19)10-16-15(20)17-4-6-18(7-5-17)23(3,21)22/h8-9,19H,4-7,10H2,1-3H3,(H,16,20). The molecule has 7 nitrogen and oxygen atoms in total. The molecule has 1 heterocycles. The van der Waals surface area contributed by atoms with Gasteiger partial charge in [-0.1, -0.05) is 12.1 Å². The number of sulfonamides is 1. The average Bonchev–Trinajstić information content (AvgIpc) is 2.49. The van der Waals surface area contributed by atoms with E-state index in [2.05, 4.69) is 5.32 Å². The van der Waals surface area contributed by atoms with E-state index in [0.717, 1.165) is 16.7 Å². The van der Waals surface area contributed by atoms with E-state index in [1.165, 1.54) is 10.6 Å². The molecule has 0 unspecified atom stereocenters. The predicted octanol–water partition coefficient (Wildman–Crippen LogP) is 0.796. The minimum Gasteiger partial charge on any atom is -0.507 e. The van der Waals surface area contributed by atoms with Gasteiger partial charge in [-0.05, 0) is 30.5 Å². The summed E-state index contributed by atoms with van der Waals surface area (Å²) in [5.74, 6) is 0.275. The third kappa shape index (κ3) is 4.35. The number of phenolic OH excluding ortho intramolecular Hbond substituents is 1. The number of hydrogen-bond donors (Lipinski definition) is 2. The van der Waals surface area contributed by atoms with Crippen LogP contribution < -0.4 is 5.32 Å². The number of phenols is 1. The summed E-state index contributed by atoms with van der Waals surface area (Å²) in [7, 11) is -3.19. The third-order valence-electron chi connectivity index (χ3n) is 3.99. The van der Waals surface area contributed by atoms with Crippen molar-refractivity contribution in [2.75, 3.05) is 32.4 Å². The average molecular weight is 341 g/mol. The van der Waals surface area contributed by atoms with Crippen molar-refractivity contribution < 1.29 is 18.3 Å². The van der Waals surface area contributed by atoms with E-state index in [1.54, 1.807) is 4.90 Å². The molecule has 1 saturated heterocycles. The zero-order valence-electron chi connectivity index (χ0n) is 13.7. The second-order valence-corrected chi connectivity index (χ2v) is 7.87. The monoisotopic (exact) mass is 341 g/mol. The first-order valence-corrected chi connectivity index (χ1v) is 9.30. The summed E-state index contributed by atoms with van der Waals surface area (Å²) in [6.07, 6.45) is 1.18. The molecule has 0 aromatic heterocycles. The minimum absolute atomic E-state index is 0.207. The van der Waals surface area contributed by atoms with Crippen molar-refractivity contribution in [3.05, 3.63) is 28.8 Å². The van der Waals surface area contributed by atoms with Gasteiger partial charge in [-0.25, -0.2) is 13.2 Å². The number of rotatable bonds is 3. The lowest BCUT2D eigenvalue weighted by atomic mass is 10.1. The molecule has 1 aliphatic rings. The summed E-state index contributed by atoms with van der Waals surface area (Å²) in [6.45, 7) is 5.41. The molecule has 0 radical (unpaired) electrons. The van der Waals surface area contributed by atoms with E-state index in [9.17, 15) is 18.3 Å². The van der Waals surface area contributed by atoms with Gasteiger partial charge in [0.2, 0.25) is 10.0 Å². The molecule has 128 valence electrons. The Balaban J connectivity index is 1.89. The molecule has 0 spiro atoms. The maximum Gasteiger partial charge on any atom is 0.317 e. The number of carbonyl (C=O) groups excluding carboxylic acids is 1. The van der Waals surface area contributed by atoms with E-state index >= 15 is 0 Å². The van der Waals surface area contributed by atoms with E-state index in [1.807, 2.05) is 26.0 Å². The van der Waals surface area contributed by atoms with Gasteiger partial charge in [-0.2, -0.15) is 4.31 Å². The summed E-state index contributed by atoms with van der Waals surface area (Å²) in [5, 5.41) is 12.6. The normalized spacial score (nSPS) is 16.4. The van der Waals surface area contributed by atoms with Gasteiger partial charge in [0.1, 0.15) is 5.75 Å². The second kappa shape index (κ2) is 6.76. The molecule has 0 aliphatic carbocycles. The molecule has 2 amide bonds. The van der Waals surface area contributed by atoms with Gasteiger partial charge < -0.3 is 15.3 Å². The Morgan fingerprint density at radius 2 is 1.70 bits per heavy atom. The molecule has 0 atom stereocenters. The molecule has 2 N–H and O–H groups in total. The number of aromatic hydroxyl groups is 1. The van der Waals surface area contributed by atoms with Crippen LogP contribution in [-0.2, 0) is 16.6 Å². The summed E-state index contributed by atoms with van der Waals surface area (Å²) < 4.78 is 24.3. The summed E-state index contributed by atoms with van der Waals surface area (Å²) in [5.41, 5.74) is 2.47. The Labute approximate surface area is 136 Å². The predicted molar refractivity (Wildman–Crippen MR) is 87.8 cm³/mol. The molecule has 1 fully saturated rings. The van der Waals surface area contributed by atoms with Crippen LogP contribution in [0.3, 0.4) is 0 Å². The summed E-state index contributed by atoms with van der Waals surface area (Å²) >= 11 is 0. The van der Waals surface area contributed by atoms with E-state index in [-0.39, 0.29) is 11.8 Å². The second-order valence-electron chi connectivity index (χ2n) is 5.89. The topological polar surface area (TPSA) is 90.0 Å². The van der Waals surface area contributed by atoms with Crippen LogP contribution in [0.1, 0.15) is 16.7 Å². The number of benzene rings is 1. The smallest absolute Gasteiger partial charge is 0.317 e. The summed E-state index contributed by atoms with van der Waals surface area (Å²) in [6, 6.07) is 3.47. The molecule has 0 saturated carbocycles. The van der Waals surface area contributed by atoms with Crippen LogP contribution in [0.15, 0.2) is 12.1 Å². The number of hydrogen-bond acceptors (Lipinski definition) is 4.